The monoisotopic (exact) mass is 359 g/mol. The summed E-state index contributed by atoms with van der Waals surface area (Å²) in [6, 6.07) is 22.3. The number of hydrogen-bond donors (Lipinski definition) is 0. The maximum atomic E-state index is 5.93. The van der Waals surface area contributed by atoms with Gasteiger partial charge in [-0.15, -0.1) is 10.2 Å². The minimum absolute atomic E-state index is 0.0503. The fourth-order valence-corrected chi connectivity index (χ4v) is 3.04. The van der Waals surface area contributed by atoms with Crippen LogP contribution in [-0.2, 0) is 0 Å². The van der Waals surface area contributed by atoms with Gasteiger partial charge < -0.3 is 14.1 Å². The van der Waals surface area contributed by atoms with Crippen molar-refractivity contribution in [3.8, 4) is 17.2 Å². The Bertz CT molecular complexity index is 1060. The molecule has 0 N–H and O–H groups in total. The number of anilines is 1. The van der Waals surface area contributed by atoms with Crippen LogP contribution in [0.1, 0.15) is 18.9 Å². The molecule has 0 aliphatic rings. The molecule has 4 rings (SSSR count). The van der Waals surface area contributed by atoms with Crippen molar-refractivity contribution < 1.29 is 9.15 Å². The van der Waals surface area contributed by atoms with E-state index in [9.17, 15) is 0 Å². The Hall–Kier alpha value is -3.34. The Morgan fingerprint density at radius 2 is 1.67 bits per heavy atom. The average molecular weight is 359 g/mol. The second-order valence-corrected chi connectivity index (χ2v) is 6.49. The Kier molecular flexibility index (Phi) is 4.50. The molecule has 3 aromatic carbocycles. The van der Waals surface area contributed by atoms with Crippen molar-refractivity contribution in [2.24, 2.45) is 0 Å². The molecule has 1 atom stereocenters. The molecule has 0 radical (unpaired) electrons. The zero-order chi connectivity index (χ0) is 18.8. The highest BCUT2D eigenvalue weighted by Crippen LogP contribution is 2.29. The van der Waals surface area contributed by atoms with Crippen LogP contribution in [0.15, 0.2) is 71.1 Å². The number of methoxy groups -OCH3 is 1. The Morgan fingerprint density at radius 1 is 0.926 bits per heavy atom. The standard InChI is InChI=1S/C22H21N3O2/c1-15(25(2)19-11-8-16-6-4-5-7-18(16)14-19)21-23-24-22(27-21)17-9-12-20(26-3)13-10-17/h4-15H,1-3H3/t15-/m0/s1. The van der Waals surface area contributed by atoms with E-state index in [0.717, 1.165) is 17.0 Å². The van der Waals surface area contributed by atoms with Crippen LogP contribution < -0.4 is 9.64 Å². The van der Waals surface area contributed by atoms with Crippen molar-refractivity contribution in [3.05, 3.63) is 72.6 Å². The van der Waals surface area contributed by atoms with Gasteiger partial charge in [0.2, 0.25) is 11.8 Å². The molecule has 27 heavy (non-hydrogen) atoms. The van der Waals surface area contributed by atoms with Crippen LogP contribution in [0.2, 0.25) is 0 Å². The first-order chi connectivity index (χ1) is 13.2. The van der Waals surface area contributed by atoms with E-state index in [1.165, 1.54) is 10.8 Å². The molecule has 0 fully saturated rings. The van der Waals surface area contributed by atoms with E-state index in [4.69, 9.17) is 9.15 Å². The van der Waals surface area contributed by atoms with Gasteiger partial charge in [0.25, 0.3) is 0 Å². The highest BCUT2D eigenvalue weighted by Gasteiger charge is 2.20. The molecule has 0 amide bonds. The van der Waals surface area contributed by atoms with Crippen LogP contribution in [0.3, 0.4) is 0 Å². The largest absolute Gasteiger partial charge is 0.497 e. The third kappa shape index (κ3) is 3.36. The van der Waals surface area contributed by atoms with Gasteiger partial charge in [-0.1, -0.05) is 30.3 Å². The molecule has 0 bridgehead atoms. The highest BCUT2D eigenvalue weighted by molar-refractivity contribution is 5.85. The van der Waals surface area contributed by atoms with Gasteiger partial charge in [0, 0.05) is 18.3 Å². The summed E-state index contributed by atoms with van der Waals surface area (Å²) < 4.78 is 11.1. The highest BCUT2D eigenvalue weighted by atomic mass is 16.5. The van der Waals surface area contributed by atoms with E-state index in [2.05, 4.69) is 58.4 Å². The summed E-state index contributed by atoms with van der Waals surface area (Å²) >= 11 is 0. The molecule has 0 saturated carbocycles. The van der Waals surface area contributed by atoms with E-state index in [0.29, 0.717) is 11.8 Å². The maximum Gasteiger partial charge on any atom is 0.247 e. The molecule has 0 aliphatic heterocycles. The van der Waals surface area contributed by atoms with Crippen LogP contribution in [-0.4, -0.2) is 24.4 Å². The number of ether oxygens (including phenoxy) is 1. The summed E-state index contributed by atoms with van der Waals surface area (Å²) in [6.45, 7) is 2.06. The molecule has 5 nitrogen and oxygen atoms in total. The smallest absolute Gasteiger partial charge is 0.247 e. The van der Waals surface area contributed by atoms with Gasteiger partial charge >= 0.3 is 0 Å². The minimum atomic E-state index is -0.0503. The predicted molar refractivity (Wildman–Crippen MR) is 107 cm³/mol. The Balaban J connectivity index is 1.57. The molecule has 5 heteroatoms. The van der Waals surface area contributed by atoms with E-state index in [1.54, 1.807) is 7.11 Å². The molecule has 1 heterocycles. The fourth-order valence-electron chi connectivity index (χ4n) is 3.04. The molecule has 0 spiro atoms. The number of nitrogens with zero attached hydrogens (tertiary/aromatic N) is 3. The number of benzene rings is 3. The summed E-state index contributed by atoms with van der Waals surface area (Å²) in [4.78, 5) is 2.14. The van der Waals surface area contributed by atoms with Crippen molar-refractivity contribution in [2.45, 2.75) is 13.0 Å². The molecular formula is C22H21N3O2. The van der Waals surface area contributed by atoms with E-state index < -0.39 is 0 Å². The van der Waals surface area contributed by atoms with Crippen molar-refractivity contribution in [3.63, 3.8) is 0 Å². The molecule has 1 aromatic heterocycles. The van der Waals surface area contributed by atoms with Crippen LogP contribution in [0, 0.1) is 0 Å². The lowest BCUT2D eigenvalue weighted by atomic mass is 10.1. The number of aromatic nitrogens is 2. The predicted octanol–water partition coefficient (Wildman–Crippen LogP) is 5.10. The van der Waals surface area contributed by atoms with Gasteiger partial charge in [0.1, 0.15) is 11.8 Å². The zero-order valence-corrected chi connectivity index (χ0v) is 15.6. The van der Waals surface area contributed by atoms with Gasteiger partial charge in [0.05, 0.1) is 7.11 Å². The second kappa shape index (κ2) is 7.11. The first-order valence-corrected chi connectivity index (χ1v) is 8.85. The van der Waals surface area contributed by atoms with E-state index in [-0.39, 0.29) is 6.04 Å². The average Bonchev–Trinajstić information content (AvgIpc) is 3.22. The summed E-state index contributed by atoms with van der Waals surface area (Å²) in [5.74, 6) is 1.88. The van der Waals surface area contributed by atoms with Gasteiger partial charge in [-0.05, 0) is 54.1 Å². The number of fused-ring (bicyclic) bond motifs is 1. The van der Waals surface area contributed by atoms with E-state index in [1.807, 2.05) is 37.4 Å². The molecule has 0 unspecified atom stereocenters. The third-order valence-electron chi connectivity index (χ3n) is 4.86. The van der Waals surface area contributed by atoms with Crippen LogP contribution >= 0.6 is 0 Å². The van der Waals surface area contributed by atoms with Crippen molar-refractivity contribution in [1.29, 1.82) is 0 Å². The SMILES string of the molecule is COc1ccc(-c2nnc([C@H](C)N(C)c3ccc4ccccc4c3)o2)cc1. The summed E-state index contributed by atoms with van der Waals surface area (Å²) in [5.41, 5.74) is 1.97. The first kappa shape index (κ1) is 17.1. The van der Waals surface area contributed by atoms with Crippen molar-refractivity contribution >= 4 is 16.5 Å². The van der Waals surface area contributed by atoms with E-state index >= 15 is 0 Å². The zero-order valence-electron chi connectivity index (χ0n) is 15.6. The molecule has 136 valence electrons. The van der Waals surface area contributed by atoms with Gasteiger partial charge in [-0.2, -0.15) is 0 Å². The fraction of sp³-hybridized carbons (Fsp3) is 0.182. The minimum Gasteiger partial charge on any atom is -0.497 e. The van der Waals surface area contributed by atoms with Crippen molar-refractivity contribution in [2.75, 3.05) is 19.1 Å². The quantitative estimate of drug-likeness (QED) is 0.496. The second-order valence-electron chi connectivity index (χ2n) is 6.49. The number of rotatable bonds is 5. The Morgan fingerprint density at radius 3 is 2.41 bits per heavy atom. The lowest BCUT2D eigenvalue weighted by Gasteiger charge is -2.24. The topological polar surface area (TPSA) is 51.4 Å². The molecular weight excluding hydrogens is 338 g/mol. The molecule has 0 saturated heterocycles. The lowest BCUT2D eigenvalue weighted by molar-refractivity contribution is 0.414. The molecule has 0 aliphatic carbocycles. The van der Waals surface area contributed by atoms with Crippen LogP contribution in [0.25, 0.3) is 22.2 Å². The van der Waals surface area contributed by atoms with Gasteiger partial charge in [0.15, 0.2) is 0 Å². The Labute approximate surface area is 158 Å². The first-order valence-electron chi connectivity index (χ1n) is 8.85. The van der Waals surface area contributed by atoms with Crippen LogP contribution in [0.4, 0.5) is 5.69 Å². The summed E-state index contributed by atoms with van der Waals surface area (Å²) in [5, 5.41) is 10.9. The lowest BCUT2D eigenvalue weighted by Crippen LogP contribution is -2.21. The third-order valence-corrected chi connectivity index (χ3v) is 4.86. The molecule has 4 aromatic rings. The normalized spacial score (nSPS) is 12.1. The van der Waals surface area contributed by atoms with Gasteiger partial charge in [-0.25, -0.2) is 0 Å². The summed E-state index contributed by atoms with van der Waals surface area (Å²) in [6.07, 6.45) is 0. The summed E-state index contributed by atoms with van der Waals surface area (Å²) in [7, 11) is 3.68. The van der Waals surface area contributed by atoms with Gasteiger partial charge in [-0.3, -0.25) is 0 Å². The maximum absolute atomic E-state index is 5.93. The van der Waals surface area contributed by atoms with Crippen molar-refractivity contribution in [1.82, 2.24) is 10.2 Å². The number of hydrogen-bond acceptors (Lipinski definition) is 5. The van der Waals surface area contributed by atoms with Crippen LogP contribution in [0.5, 0.6) is 5.75 Å².